The minimum atomic E-state index is 0.926. The number of rotatable bonds is 4. The molecule has 0 saturated heterocycles. The zero-order valence-corrected chi connectivity index (χ0v) is 21.8. The van der Waals surface area contributed by atoms with E-state index in [-0.39, 0.29) is 0 Å². The van der Waals surface area contributed by atoms with Crippen molar-refractivity contribution in [3.05, 3.63) is 118 Å². The first-order valence-electron chi connectivity index (χ1n) is 12.3. The van der Waals surface area contributed by atoms with Gasteiger partial charge < -0.3 is 0 Å². The average Bonchev–Trinajstić information content (AvgIpc) is 2.83. The average molecular weight is 437 g/mol. The van der Waals surface area contributed by atoms with Gasteiger partial charge in [0.1, 0.15) is 0 Å². The maximum atomic E-state index is 2.34. The Balaban J connectivity index is 0.000000914. The lowest BCUT2D eigenvalue weighted by molar-refractivity contribution is 1.17. The van der Waals surface area contributed by atoms with E-state index in [4.69, 9.17) is 0 Å². The third kappa shape index (κ3) is 6.93. The van der Waals surface area contributed by atoms with Gasteiger partial charge in [-0.05, 0) is 67.5 Å². The van der Waals surface area contributed by atoms with Gasteiger partial charge >= 0.3 is 0 Å². The molecule has 4 aromatic rings. The monoisotopic (exact) mass is 436 g/mol. The van der Waals surface area contributed by atoms with Gasteiger partial charge in [0.25, 0.3) is 0 Å². The molecule has 0 nitrogen and oxygen atoms in total. The summed E-state index contributed by atoms with van der Waals surface area (Å²) in [7, 11) is 0. The van der Waals surface area contributed by atoms with Crippen LogP contribution in [0.5, 0.6) is 0 Å². The molecule has 0 aromatic heterocycles. The molecule has 172 valence electrons. The van der Waals surface area contributed by atoms with E-state index in [1.807, 2.05) is 27.7 Å². The van der Waals surface area contributed by atoms with Gasteiger partial charge in [-0.15, -0.1) is 0 Å². The summed E-state index contributed by atoms with van der Waals surface area (Å²) < 4.78 is 0. The minimum Gasteiger partial charge on any atom is -0.0683 e. The standard InChI is InChI=1S/C29H28.2C2H6/c1-20-5-11-24(12-6-20)28-15-9-22(3)17-26(28)19-27-18-23(4)10-16-29(27)25-13-7-21(2)8-14-25;2*1-2/h5-18H,19H2,1-4H3;2*1-2H3. The van der Waals surface area contributed by atoms with Gasteiger partial charge in [0.2, 0.25) is 0 Å². The second kappa shape index (κ2) is 12.8. The lowest BCUT2D eigenvalue weighted by Gasteiger charge is -2.16. The number of aryl methyl sites for hydroxylation is 4. The van der Waals surface area contributed by atoms with Crippen LogP contribution in [0.3, 0.4) is 0 Å². The minimum absolute atomic E-state index is 0.926. The molecule has 0 amide bonds. The quantitative estimate of drug-likeness (QED) is 0.298. The summed E-state index contributed by atoms with van der Waals surface area (Å²) in [5.74, 6) is 0. The molecule has 0 unspecified atom stereocenters. The molecule has 4 aromatic carbocycles. The van der Waals surface area contributed by atoms with Crippen LogP contribution >= 0.6 is 0 Å². The topological polar surface area (TPSA) is 0 Å². The Hall–Kier alpha value is -3.12. The summed E-state index contributed by atoms with van der Waals surface area (Å²) in [5.41, 5.74) is 13.2. The fourth-order valence-electron chi connectivity index (χ4n) is 3.97. The van der Waals surface area contributed by atoms with E-state index in [2.05, 4.69) is 113 Å². The highest BCUT2D eigenvalue weighted by molar-refractivity contribution is 5.72. The number of benzene rings is 4. The highest BCUT2D eigenvalue weighted by Crippen LogP contribution is 2.31. The van der Waals surface area contributed by atoms with Gasteiger partial charge in [0.15, 0.2) is 0 Å². The fraction of sp³-hybridized carbons (Fsp3) is 0.273. The summed E-state index contributed by atoms with van der Waals surface area (Å²) >= 11 is 0. The van der Waals surface area contributed by atoms with Crippen molar-refractivity contribution in [3.63, 3.8) is 0 Å². The Bertz CT molecular complexity index is 1040. The van der Waals surface area contributed by atoms with Crippen molar-refractivity contribution in [3.8, 4) is 22.3 Å². The predicted molar refractivity (Wildman–Crippen MR) is 148 cm³/mol. The molecule has 0 fully saturated rings. The first-order chi connectivity index (χ1) is 16.0. The summed E-state index contributed by atoms with van der Waals surface area (Å²) in [6, 6.07) is 31.4. The largest absolute Gasteiger partial charge is 0.0683 e. The molecule has 0 aliphatic heterocycles. The summed E-state index contributed by atoms with van der Waals surface area (Å²) in [4.78, 5) is 0. The van der Waals surface area contributed by atoms with Crippen LogP contribution in [0.2, 0.25) is 0 Å². The zero-order chi connectivity index (χ0) is 24.4. The molecule has 0 atom stereocenters. The van der Waals surface area contributed by atoms with E-state index in [9.17, 15) is 0 Å². The normalized spacial score (nSPS) is 9.94. The summed E-state index contributed by atoms with van der Waals surface area (Å²) in [6.45, 7) is 16.6. The van der Waals surface area contributed by atoms with Crippen molar-refractivity contribution in [2.75, 3.05) is 0 Å². The first kappa shape index (κ1) is 26.1. The van der Waals surface area contributed by atoms with Crippen molar-refractivity contribution in [1.82, 2.24) is 0 Å². The number of hydrogen-bond donors (Lipinski definition) is 0. The van der Waals surface area contributed by atoms with Gasteiger partial charge in [-0.3, -0.25) is 0 Å². The zero-order valence-electron chi connectivity index (χ0n) is 21.8. The van der Waals surface area contributed by atoms with Crippen LogP contribution in [0, 0.1) is 27.7 Å². The molecular weight excluding hydrogens is 396 g/mol. The van der Waals surface area contributed by atoms with Gasteiger partial charge in [-0.2, -0.15) is 0 Å². The molecule has 0 bridgehead atoms. The summed E-state index contributed by atoms with van der Waals surface area (Å²) in [6.07, 6.45) is 0.926. The second-order valence-electron chi connectivity index (χ2n) is 8.23. The lowest BCUT2D eigenvalue weighted by atomic mass is 9.89. The third-order valence-corrected chi connectivity index (χ3v) is 5.63. The molecule has 33 heavy (non-hydrogen) atoms. The Morgan fingerprint density at radius 3 is 1.03 bits per heavy atom. The van der Waals surface area contributed by atoms with E-state index in [1.165, 1.54) is 55.6 Å². The molecule has 0 heterocycles. The Morgan fingerprint density at radius 1 is 0.394 bits per heavy atom. The van der Waals surface area contributed by atoms with Gasteiger partial charge in [-0.1, -0.05) is 135 Å². The van der Waals surface area contributed by atoms with E-state index < -0.39 is 0 Å². The second-order valence-corrected chi connectivity index (χ2v) is 8.23. The van der Waals surface area contributed by atoms with Gasteiger partial charge in [-0.25, -0.2) is 0 Å². The fourth-order valence-corrected chi connectivity index (χ4v) is 3.97. The van der Waals surface area contributed by atoms with Crippen LogP contribution in [-0.4, -0.2) is 0 Å². The van der Waals surface area contributed by atoms with E-state index in [0.717, 1.165) is 6.42 Å². The molecule has 0 N–H and O–H groups in total. The van der Waals surface area contributed by atoms with Gasteiger partial charge in [0, 0.05) is 0 Å². The van der Waals surface area contributed by atoms with Crippen molar-refractivity contribution in [2.45, 2.75) is 61.8 Å². The molecule has 0 heteroatoms. The molecule has 0 aliphatic carbocycles. The third-order valence-electron chi connectivity index (χ3n) is 5.63. The van der Waals surface area contributed by atoms with E-state index in [0.29, 0.717) is 0 Å². The predicted octanol–water partition coefficient (Wildman–Crippen LogP) is 9.90. The van der Waals surface area contributed by atoms with Crippen LogP contribution < -0.4 is 0 Å². The maximum Gasteiger partial charge on any atom is -0.00133 e. The maximum absolute atomic E-state index is 2.34. The van der Waals surface area contributed by atoms with Crippen molar-refractivity contribution in [1.29, 1.82) is 0 Å². The molecule has 0 aliphatic rings. The molecule has 0 spiro atoms. The molecule has 0 saturated carbocycles. The first-order valence-corrected chi connectivity index (χ1v) is 12.3. The number of hydrogen-bond acceptors (Lipinski definition) is 0. The Morgan fingerprint density at radius 2 is 0.697 bits per heavy atom. The van der Waals surface area contributed by atoms with Gasteiger partial charge in [0.05, 0.1) is 0 Å². The van der Waals surface area contributed by atoms with Crippen molar-refractivity contribution in [2.24, 2.45) is 0 Å². The molecule has 0 radical (unpaired) electrons. The van der Waals surface area contributed by atoms with E-state index >= 15 is 0 Å². The van der Waals surface area contributed by atoms with Crippen LogP contribution in [0.1, 0.15) is 61.1 Å². The van der Waals surface area contributed by atoms with Crippen LogP contribution in [0.4, 0.5) is 0 Å². The molecular formula is C33H40. The van der Waals surface area contributed by atoms with Crippen molar-refractivity contribution >= 4 is 0 Å². The van der Waals surface area contributed by atoms with Crippen LogP contribution in [0.15, 0.2) is 84.9 Å². The Labute approximate surface area is 202 Å². The molecule has 4 rings (SSSR count). The Kier molecular flexibility index (Phi) is 10.1. The smallest absolute Gasteiger partial charge is 0.00133 e. The summed E-state index contributed by atoms with van der Waals surface area (Å²) in [5, 5.41) is 0. The van der Waals surface area contributed by atoms with Crippen LogP contribution in [0.25, 0.3) is 22.3 Å². The van der Waals surface area contributed by atoms with Crippen LogP contribution in [-0.2, 0) is 6.42 Å². The lowest BCUT2D eigenvalue weighted by Crippen LogP contribution is -1.97. The SMILES string of the molecule is CC.CC.Cc1ccc(-c2ccc(C)cc2Cc2cc(C)ccc2-c2ccc(C)cc2)cc1. The van der Waals surface area contributed by atoms with Crippen molar-refractivity contribution < 1.29 is 0 Å². The highest BCUT2D eigenvalue weighted by atomic mass is 14.2. The van der Waals surface area contributed by atoms with E-state index in [1.54, 1.807) is 0 Å². The highest BCUT2D eigenvalue weighted by Gasteiger charge is 2.11.